The number of sulfonamides is 1. The number of carbonyl (C=O) groups excluding carboxylic acids is 2. The molecule has 0 bridgehead atoms. The Bertz CT molecular complexity index is 417. The molecule has 0 N–H and O–H groups in total. The van der Waals surface area contributed by atoms with E-state index in [4.69, 9.17) is 0 Å². The third-order valence-electron chi connectivity index (χ3n) is 1.94. The van der Waals surface area contributed by atoms with E-state index >= 15 is 0 Å². The summed E-state index contributed by atoms with van der Waals surface area (Å²) in [5.74, 6) is -2.36. The molecule has 0 saturated heterocycles. The van der Waals surface area contributed by atoms with Gasteiger partial charge in [-0.2, -0.15) is 4.31 Å². The van der Waals surface area contributed by atoms with Gasteiger partial charge in [0.1, 0.15) is 6.54 Å². The fraction of sp³-hybridized carbons (Fsp3) is 0.636. The van der Waals surface area contributed by atoms with Gasteiger partial charge in [0.05, 0.1) is 13.2 Å². The van der Waals surface area contributed by atoms with E-state index in [1.54, 1.807) is 13.8 Å². The first kappa shape index (κ1) is 17.6. The summed E-state index contributed by atoms with van der Waals surface area (Å²) < 4.78 is 33.9. The lowest BCUT2D eigenvalue weighted by atomic mass is 10.5. The van der Waals surface area contributed by atoms with Crippen molar-refractivity contribution in [2.24, 2.45) is 0 Å². The lowest BCUT2D eigenvalue weighted by molar-refractivity contribution is -0.143. The lowest BCUT2D eigenvalue weighted by Crippen LogP contribution is -2.40. The second-order valence-corrected chi connectivity index (χ2v) is 5.42. The predicted octanol–water partition coefficient (Wildman–Crippen LogP) is -0.0696. The Kier molecular flexibility index (Phi) is 8.01. The van der Waals surface area contributed by atoms with E-state index < -0.39 is 34.3 Å². The van der Waals surface area contributed by atoms with Gasteiger partial charge >= 0.3 is 11.9 Å². The smallest absolute Gasteiger partial charge is 0.322 e. The number of rotatable bonds is 9. The average Bonchev–Trinajstić information content (AvgIpc) is 2.28. The van der Waals surface area contributed by atoms with Crippen molar-refractivity contribution in [1.82, 2.24) is 4.31 Å². The number of ether oxygens (including phenoxy) is 2. The molecule has 0 aliphatic carbocycles. The van der Waals surface area contributed by atoms with Crippen molar-refractivity contribution in [1.29, 1.82) is 0 Å². The van der Waals surface area contributed by atoms with E-state index in [1.807, 2.05) is 0 Å². The van der Waals surface area contributed by atoms with E-state index in [9.17, 15) is 18.0 Å². The molecule has 0 aromatic rings. The molecule has 0 aliphatic heterocycles. The molecule has 0 aromatic heterocycles. The zero-order valence-corrected chi connectivity index (χ0v) is 11.9. The first-order chi connectivity index (χ1) is 8.87. The molecule has 0 amide bonds. The summed E-state index contributed by atoms with van der Waals surface area (Å²) in [7, 11) is -3.93. The van der Waals surface area contributed by atoms with Gasteiger partial charge in [-0.1, -0.05) is 6.08 Å². The third-order valence-corrected chi connectivity index (χ3v) is 3.61. The molecular formula is C11H19NO6S. The van der Waals surface area contributed by atoms with E-state index in [2.05, 4.69) is 16.1 Å². The Hall–Kier alpha value is -1.41. The van der Waals surface area contributed by atoms with Crippen LogP contribution in [0.3, 0.4) is 0 Å². The van der Waals surface area contributed by atoms with E-state index in [-0.39, 0.29) is 19.8 Å². The van der Waals surface area contributed by atoms with Gasteiger partial charge in [0, 0.05) is 6.54 Å². The Morgan fingerprint density at radius 3 is 2.16 bits per heavy atom. The van der Waals surface area contributed by atoms with Gasteiger partial charge in [0.15, 0.2) is 5.75 Å². The number of hydrogen-bond donors (Lipinski definition) is 0. The molecule has 0 fully saturated rings. The Balaban J connectivity index is 4.79. The largest absolute Gasteiger partial charge is 0.465 e. The highest BCUT2D eigenvalue weighted by atomic mass is 32.2. The van der Waals surface area contributed by atoms with Crippen molar-refractivity contribution in [2.75, 3.05) is 32.1 Å². The van der Waals surface area contributed by atoms with Crippen molar-refractivity contribution in [3.8, 4) is 0 Å². The van der Waals surface area contributed by atoms with Crippen LogP contribution in [0.2, 0.25) is 0 Å². The Morgan fingerprint density at radius 1 is 1.16 bits per heavy atom. The van der Waals surface area contributed by atoms with Crippen molar-refractivity contribution in [3.63, 3.8) is 0 Å². The second-order valence-electron chi connectivity index (χ2n) is 3.45. The van der Waals surface area contributed by atoms with Crippen LogP contribution in [0.5, 0.6) is 0 Å². The summed E-state index contributed by atoms with van der Waals surface area (Å²) in [5, 5.41) is 0. The molecule has 0 spiro atoms. The predicted molar refractivity (Wildman–Crippen MR) is 68.8 cm³/mol. The molecule has 0 radical (unpaired) electrons. The van der Waals surface area contributed by atoms with Crippen molar-refractivity contribution >= 4 is 22.0 Å². The minimum absolute atomic E-state index is 0.0828. The van der Waals surface area contributed by atoms with E-state index in [1.165, 1.54) is 6.08 Å². The SMILES string of the molecule is C=CCN(CC(=O)OCC)S(=O)(=O)CC(=O)OCC. The molecule has 0 aliphatic rings. The summed E-state index contributed by atoms with van der Waals surface area (Å²) in [5.41, 5.74) is 0. The molecule has 19 heavy (non-hydrogen) atoms. The van der Waals surface area contributed by atoms with Gasteiger partial charge in [-0.05, 0) is 13.8 Å². The van der Waals surface area contributed by atoms with Gasteiger partial charge in [0.2, 0.25) is 10.0 Å². The Labute approximate surface area is 113 Å². The minimum Gasteiger partial charge on any atom is -0.465 e. The number of hydrogen-bond acceptors (Lipinski definition) is 6. The average molecular weight is 293 g/mol. The zero-order chi connectivity index (χ0) is 14.9. The van der Waals surface area contributed by atoms with Crippen LogP contribution in [0.15, 0.2) is 12.7 Å². The van der Waals surface area contributed by atoms with Crippen LogP contribution in [0.1, 0.15) is 13.8 Å². The Morgan fingerprint density at radius 2 is 1.68 bits per heavy atom. The minimum atomic E-state index is -3.93. The fourth-order valence-electron chi connectivity index (χ4n) is 1.21. The van der Waals surface area contributed by atoms with Gasteiger partial charge in [-0.25, -0.2) is 8.42 Å². The molecule has 110 valence electrons. The molecule has 0 heterocycles. The van der Waals surface area contributed by atoms with Crippen LogP contribution >= 0.6 is 0 Å². The summed E-state index contributed by atoms with van der Waals surface area (Å²) in [6.07, 6.45) is 1.32. The van der Waals surface area contributed by atoms with Crippen LogP contribution in [0.25, 0.3) is 0 Å². The molecular weight excluding hydrogens is 274 g/mol. The van der Waals surface area contributed by atoms with Crippen LogP contribution in [0.4, 0.5) is 0 Å². The van der Waals surface area contributed by atoms with Gasteiger partial charge in [0.25, 0.3) is 0 Å². The first-order valence-electron chi connectivity index (χ1n) is 5.77. The highest BCUT2D eigenvalue weighted by Gasteiger charge is 2.27. The van der Waals surface area contributed by atoms with Crippen LogP contribution in [-0.2, 0) is 29.1 Å². The summed E-state index contributed by atoms with van der Waals surface area (Å²) in [6.45, 7) is 6.30. The summed E-state index contributed by atoms with van der Waals surface area (Å²) in [6, 6.07) is 0. The molecule has 7 nitrogen and oxygen atoms in total. The highest BCUT2D eigenvalue weighted by molar-refractivity contribution is 7.89. The second kappa shape index (κ2) is 8.65. The first-order valence-corrected chi connectivity index (χ1v) is 7.38. The van der Waals surface area contributed by atoms with Crippen molar-refractivity contribution < 1.29 is 27.5 Å². The summed E-state index contributed by atoms with van der Waals surface area (Å²) >= 11 is 0. The zero-order valence-electron chi connectivity index (χ0n) is 11.1. The standard InChI is InChI=1S/C11H19NO6S/c1-4-7-12(8-10(13)17-5-2)19(15,16)9-11(14)18-6-3/h4H,1,5-9H2,2-3H3. The van der Waals surface area contributed by atoms with Crippen LogP contribution in [-0.4, -0.2) is 56.7 Å². The normalized spacial score (nSPS) is 11.1. The van der Waals surface area contributed by atoms with Gasteiger partial charge < -0.3 is 9.47 Å². The van der Waals surface area contributed by atoms with Crippen molar-refractivity contribution in [3.05, 3.63) is 12.7 Å². The van der Waals surface area contributed by atoms with E-state index in [0.717, 1.165) is 4.31 Å². The highest BCUT2D eigenvalue weighted by Crippen LogP contribution is 2.03. The molecule has 0 unspecified atom stereocenters. The maximum atomic E-state index is 11.9. The molecule has 0 rings (SSSR count). The third kappa shape index (κ3) is 6.92. The van der Waals surface area contributed by atoms with E-state index in [0.29, 0.717) is 0 Å². The maximum Gasteiger partial charge on any atom is 0.322 e. The molecule has 0 saturated carbocycles. The fourth-order valence-corrected chi connectivity index (χ4v) is 2.41. The molecule has 0 aromatic carbocycles. The van der Waals surface area contributed by atoms with Gasteiger partial charge in [-0.3, -0.25) is 9.59 Å². The monoisotopic (exact) mass is 293 g/mol. The van der Waals surface area contributed by atoms with Crippen molar-refractivity contribution in [2.45, 2.75) is 13.8 Å². The summed E-state index contributed by atoms with van der Waals surface area (Å²) in [4.78, 5) is 22.5. The number of carbonyl (C=O) groups is 2. The number of esters is 2. The topological polar surface area (TPSA) is 90.0 Å². The maximum absolute atomic E-state index is 11.9. The van der Waals surface area contributed by atoms with Gasteiger partial charge in [-0.15, -0.1) is 6.58 Å². The molecule has 0 atom stereocenters. The lowest BCUT2D eigenvalue weighted by Gasteiger charge is -2.19. The van der Waals surface area contributed by atoms with Crippen LogP contribution < -0.4 is 0 Å². The van der Waals surface area contributed by atoms with Crippen LogP contribution in [0, 0.1) is 0 Å². The number of nitrogens with zero attached hydrogens (tertiary/aromatic N) is 1. The molecule has 8 heteroatoms. The quantitative estimate of drug-likeness (QED) is 0.436.